The topological polar surface area (TPSA) is 65.5 Å². The lowest BCUT2D eigenvalue weighted by molar-refractivity contribution is -0.137. The molecule has 1 aliphatic heterocycles. The lowest BCUT2D eigenvalue weighted by Gasteiger charge is -2.31. The number of carbonyl (C=O) groups is 2. The lowest BCUT2D eigenvalue weighted by Crippen LogP contribution is -2.43. The number of anilines is 1. The van der Waals surface area contributed by atoms with Crippen LogP contribution in [0.1, 0.15) is 53.5 Å². The van der Waals surface area contributed by atoms with Crippen LogP contribution in [0.25, 0.3) is 11.3 Å². The Bertz CT molecular complexity index is 1230. The summed E-state index contributed by atoms with van der Waals surface area (Å²) in [4.78, 5) is 33.8. The Kier molecular flexibility index (Phi) is 8.71. The molecule has 0 atom stereocenters. The first-order chi connectivity index (χ1) is 18.2. The Morgan fingerprint density at radius 2 is 1.66 bits per heavy atom. The molecule has 0 bridgehead atoms. The van der Waals surface area contributed by atoms with E-state index in [1.54, 1.807) is 16.2 Å². The van der Waals surface area contributed by atoms with Crippen LogP contribution in [-0.4, -0.2) is 54.4 Å². The molecule has 2 aromatic carbocycles. The van der Waals surface area contributed by atoms with E-state index >= 15 is 0 Å². The zero-order valence-electron chi connectivity index (χ0n) is 21.4. The summed E-state index contributed by atoms with van der Waals surface area (Å²) < 4.78 is 38.1. The van der Waals surface area contributed by atoms with Gasteiger partial charge in [-0.1, -0.05) is 12.1 Å². The molecular weight excluding hydrogens is 513 g/mol. The molecule has 1 fully saturated rings. The molecule has 0 saturated carbocycles. The zero-order valence-corrected chi connectivity index (χ0v) is 22.2. The predicted molar refractivity (Wildman–Crippen MR) is 143 cm³/mol. The highest BCUT2D eigenvalue weighted by atomic mass is 32.1. The number of hydrogen-bond acceptors (Lipinski definition) is 5. The highest BCUT2D eigenvalue weighted by Gasteiger charge is 2.30. The highest BCUT2D eigenvalue weighted by Crippen LogP contribution is 2.33. The summed E-state index contributed by atoms with van der Waals surface area (Å²) in [5.41, 5.74) is 2.49. The van der Waals surface area contributed by atoms with Crippen LogP contribution in [0.3, 0.4) is 0 Å². The molecule has 0 spiro atoms. The van der Waals surface area contributed by atoms with Crippen molar-refractivity contribution in [2.45, 2.75) is 38.8 Å². The first kappa shape index (κ1) is 27.6. The maximum Gasteiger partial charge on any atom is 0.416 e. The van der Waals surface area contributed by atoms with Crippen LogP contribution in [0.15, 0.2) is 53.9 Å². The SMILES string of the molecule is CCN(CC)c1ccc(-c2csc(C3CCN(C(=O)CNC(=O)c4ccc(C(F)(F)F)cc4)CC3)n2)cc1. The summed E-state index contributed by atoms with van der Waals surface area (Å²) in [6.45, 7) is 7.13. The van der Waals surface area contributed by atoms with Gasteiger partial charge in [-0.25, -0.2) is 4.98 Å². The van der Waals surface area contributed by atoms with E-state index in [2.05, 4.69) is 53.7 Å². The minimum absolute atomic E-state index is 0.0757. The maximum absolute atomic E-state index is 12.7. The molecule has 202 valence electrons. The van der Waals surface area contributed by atoms with Gasteiger partial charge in [0.1, 0.15) is 0 Å². The number of alkyl halides is 3. The summed E-state index contributed by atoms with van der Waals surface area (Å²) in [5, 5.41) is 5.66. The maximum atomic E-state index is 12.7. The average Bonchev–Trinajstić information content (AvgIpc) is 3.43. The number of rotatable bonds is 8. The number of amides is 2. The van der Waals surface area contributed by atoms with Gasteiger partial charge in [0.25, 0.3) is 5.91 Å². The number of benzene rings is 2. The Balaban J connectivity index is 1.26. The molecule has 2 amide bonds. The number of thiazole rings is 1. The number of nitrogens with zero attached hydrogens (tertiary/aromatic N) is 3. The van der Waals surface area contributed by atoms with E-state index in [1.165, 1.54) is 5.69 Å². The number of carbonyl (C=O) groups excluding carboxylic acids is 2. The summed E-state index contributed by atoms with van der Waals surface area (Å²) in [6, 6.07) is 12.4. The van der Waals surface area contributed by atoms with E-state index < -0.39 is 17.6 Å². The normalized spacial score (nSPS) is 14.4. The number of hydrogen-bond donors (Lipinski definition) is 1. The van der Waals surface area contributed by atoms with Gasteiger partial charge < -0.3 is 15.1 Å². The van der Waals surface area contributed by atoms with Crippen molar-refractivity contribution >= 4 is 28.8 Å². The van der Waals surface area contributed by atoms with Crippen molar-refractivity contribution in [1.29, 1.82) is 0 Å². The van der Waals surface area contributed by atoms with Gasteiger partial charge in [0, 0.05) is 54.3 Å². The van der Waals surface area contributed by atoms with Crippen molar-refractivity contribution in [3.05, 3.63) is 70.0 Å². The van der Waals surface area contributed by atoms with Crippen LogP contribution in [0, 0.1) is 0 Å². The van der Waals surface area contributed by atoms with Crippen molar-refractivity contribution < 1.29 is 22.8 Å². The fraction of sp³-hybridized carbons (Fsp3) is 0.393. The van der Waals surface area contributed by atoms with Gasteiger partial charge >= 0.3 is 6.18 Å². The molecule has 1 N–H and O–H groups in total. The second kappa shape index (κ2) is 12.0. The van der Waals surface area contributed by atoms with E-state index in [-0.39, 0.29) is 23.9 Å². The molecule has 1 aromatic heterocycles. The van der Waals surface area contributed by atoms with Crippen molar-refractivity contribution in [3.8, 4) is 11.3 Å². The number of piperidine rings is 1. The lowest BCUT2D eigenvalue weighted by atomic mass is 9.97. The molecule has 38 heavy (non-hydrogen) atoms. The van der Waals surface area contributed by atoms with Gasteiger partial charge in [-0.2, -0.15) is 13.2 Å². The van der Waals surface area contributed by atoms with Crippen LogP contribution in [0.2, 0.25) is 0 Å². The van der Waals surface area contributed by atoms with Crippen molar-refractivity contribution in [2.75, 3.05) is 37.6 Å². The van der Waals surface area contributed by atoms with E-state index in [9.17, 15) is 22.8 Å². The third-order valence-electron chi connectivity index (χ3n) is 6.89. The van der Waals surface area contributed by atoms with Gasteiger partial charge in [-0.15, -0.1) is 11.3 Å². The van der Waals surface area contributed by atoms with Crippen molar-refractivity contribution in [3.63, 3.8) is 0 Å². The smallest absolute Gasteiger partial charge is 0.372 e. The second-order valence-corrected chi connectivity index (χ2v) is 10.1. The number of likely N-dealkylation sites (tertiary alicyclic amines) is 1. The fourth-order valence-electron chi connectivity index (χ4n) is 4.60. The Hall–Kier alpha value is -3.40. The van der Waals surface area contributed by atoms with E-state index in [0.717, 1.165) is 66.5 Å². The van der Waals surface area contributed by atoms with Crippen LogP contribution in [0.4, 0.5) is 18.9 Å². The predicted octanol–water partition coefficient (Wildman–Crippen LogP) is 5.81. The third kappa shape index (κ3) is 6.53. The number of nitrogens with one attached hydrogen (secondary N) is 1. The molecule has 0 unspecified atom stereocenters. The van der Waals surface area contributed by atoms with Crippen LogP contribution in [0.5, 0.6) is 0 Å². The first-order valence-corrected chi connectivity index (χ1v) is 13.6. The molecule has 0 radical (unpaired) electrons. The minimum atomic E-state index is -4.46. The Morgan fingerprint density at radius 3 is 2.24 bits per heavy atom. The van der Waals surface area contributed by atoms with E-state index in [1.807, 2.05) is 0 Å². The van der Waals surface area contributed by atoms with Gasteiger partial charge in [0.05, 0.1) is 22.8 Å². The molecule has 1 saturated heterocycles. The number of aromatic nitrogens is 1. The van der Waals surface area contributed by atoms with Crippen molar-refractivity contribution in [1.82, 2.24) is 15.2 Å². The highest BCUT2D eigenvalue weighted by molar-refractivity contribution is 7.10. The molecule has 4 rings (SSSR count). The van der Waals surface area contributed by atoms with Gasteiger partial charge in [-0.3, -0.25) is 9.59 Å². The van der Waals surface area contributed by atoms with E-state index in [0.29, 0.717) is 13.1 Å². The zero-order chi connectivity index (χ0) is 27.3. The third-order valence-corrected chi connectivity index (χ3v) is 7.89. The quantitative estimate of drug-likeness (QED) is 0.389. The fourth-order valence-corrected chi connectivity index (χ4v) is 5.60. The van der Waals surface area contributed by atoms with Crippen LogP contribution < -0.4 is 10.2 Å². The number of halogens is 3. The summed E-state index contributed by atoms with van der Waals surface area (Å²) >= 11 is 1.64. The largest absolute Gasteiger partial charge is 0.416 e. The van der Waals surface area contributed by atoms with Gasteiger partial charge in [-0.05, 0) is 63.1 Å². The first-order valence-electron chi connectivity index (χ1n) is 12.7. The monoisotopic (exact) mass is 544 g/mol. The summed E-state index contributed by atoms with van der Waals surface area (Å²) in [7, 11) is 0. The Morgan fingerprint density at radius 1 is 1.03 bits per heavy atom. The van der Waals surface area contributed by atoms with Gasteiger partial charge in [0.2, 0.25) is 5.91 Å². The Labute approximate surface area is 224 Å². The molecule has 10 heteroatoms. The molecule has 0 aliphatic carbocycles. The second-order valence-electron chi connectivity index (χ2n) is 9.20. The molecule has 2 heterocycles. The van der Waals surface area contributed by atoms with Gasteiger partial charge in [0.15, 0.2) is 0 Å². The van der Waals surface area contributed by atoms with Crippen LogP contribution >= 0.6 is 11.3 Å². The molecule has 6 nitrogen and oxygen atoms in total. The summed E-state index contributed by atoms with van der Waals surface area (Å²) in [6.07, 6.45) is -2.90. The minimum Gasteiger partial charge on any atom is -0.372 e. The summed E-state index contributed by atoms with van der Waals surface area (Å²) in [5.74, 6) is -0.520. The van der Waals surface area contributed by atoms with Crippen molar-refractivity contribution in [2.24, 2.45) is 0 Å². The molecular formula is C28H31F3N4O2S. The average molecular weight is 545 g/mol. The standard InChI is InChI=1S/C28H31F3N4O2S/c1-3-34(4-2)23-11-7-19(8-12-23)24-18-38-27(33-24)21-13-15-35(16-14-21)25(36)17-32-26(37)20-5-9-22(10-6-20)28(29,30)31/h5-12,18,21H,3-4,13-17H2,1-2H3,(H,32,37). The molecule has 3 aromatic rings. The van der Waals surface area contributed by atoms with E-state index in [4.69, 9.17) is 4.98 Å². The van der Waals surface area contributed by atoms with Crippen LogP contribution in [-0.2, 0) is 11.0 Å². The molecule has 1 aliphatic rings.